The van der Waals surface area contributed by atoms with E-state index in [0.717, 1.165) is 64.5 Å². The Morgan fingerprint density at radius 3 is 1.54 bits per heavy atom. The van der Waals surface area contributed by atoms with Gasteiger partial charge in [0.1, 0.15) is 12.4 Å². The average Bonchev–Trinajstić information content (AvgIpc) is 2.57. The van der Waals surface area contributed by atoms with Crippen LogP contribution in [0.25, 0.3) is 0 Å². The summed E-state index contributed by atoms with van der Waals surface area (Å²) in [5.74, 6) is -0.778. The Labute approximate surface area is 141 Å². The summed E-state index contributed by atoms with van der Waals surface area (Å²) in [7, 11) is 0. The largest absolute Gasteiger partial charge is 0.411 e. The fourth-order valence-corrected chi connectivity index (χ4v) is 2.46. The van der Waals surface area contributed by atoms with Crippen LogP contribution < -0.4 is 10.6 Å². The molecule has 0 aliphatic carbocycles. The fourth-order valence-electron chi connectivity index (χ4n) is 2.46. The molecule has 4 N–H and O–H groups in total. The molecule has 0 atom stereocenters. The van der Waals surface area contributed by atoms with Crippen molar-refractivity contribution in [2.75, 3.05) is 52.4 Å². The maximum absolute atomic E-state index is 11.1. The Balaban J connectivity index is 2.01. The maximum atomic E-state index is 11.1. The van der Waals surface area contributed by atoms with Crippen molar-refractivity contribution >= 4 is 24.2 Å². The third kappa shape index (κ3) is 9.06. The molecule has 0 aromatic carbocycles. The smallest absolute Gasteiger partial charge is 0.265 e. The van der Waals surface area contributed by atoms with Crippen LogP contribution in [0.2, 0.25) is 0 Å². The Bertz CT molecular complexity index is 395. The number of nitrogens with zero attached hydrogens (tertiary/aromatic N) is 4. The summed E-state index contributed by atoms with van der Waals surface area (Å²) in [6.45, 7) is 6.88. The Morgan fingerprint density at radius 2 is 1.21 bits per heavy atom. The van der Waals surface area contributed by atoms with Gasteiger partial charge in [0.15, 0.2) is 0 Å². The normalized spacial score (nSPS) is 16.7. The third-order valence-electron chi connectivity index (χ3n) is 3.72. The first-order chi connectivity index (χ1) is 11.7. The van der Waals surface area contributed by atoms with Crippen LogP contribution in [0.3, 0.4) is 0 Å². The molecule has 1 aliphatic heterocycles. The molecule has 0 unspecified atom stereocenters. The van der Waals surface area contributed by atoms with Crippen LogP contribution in [0.5, 0.6) is 0 Å². The molecule has 0 spiro atoms. The van der Waals surface area contributed by atoms with Crippen LogP contribution in [0.4, 0.5) is 0 Å². The van der Waals surface area contributed by atoms with E-state index in [9.17, 15) is 9.59 Å². The highest BCUT2D eigenvalue weighted by atomic mass is 16.4. The van der Waals surface area contributed by atoms with E-state index in [-0.39, 0.29) is 11.8 Å². The minimum absolute atomic E-state index is 0.389. The summed E-state index contributed by atoms with van der Waals surface area (Å²) >= 11 is 0. The first-order valence-electron chi connectivity index (χ1n) is 8.01. The minimum Gasteiger partial charge on any atom is -0.411 e. The molecule has 0 radical (unpaired) electrons. The van der Waals surface area contributed by atoms with Crippen molar-refractivity contribution in [3.63, 3.8) is 0 Å². The molecule has 0 bridgehead atoms. The molecule has 1 saturated heterocycles. The highest BCUT2D eigenvalue weighted by Gasteiger charge is 2.15. The summed E-state index contributed by atoms with van der Waals surface area (Å²) in [5, 5.41) is 27.0. The number of hydrogen-bond donors (Lipinski definition) is 4. The van der Waals surface area contributed by atoms with E-state index in [1.807, 2.05) is 0 Å². The zero-order valence-electron chi connectivity index (χ0n) is 13.7. The van der Waals surface area contributed by atoms with Crippen LogP contribution in [0.15, 0.2) is 10.3 Å². The predicted molar refractivity (Wildman–Crippen MR) is 88.7 cm³/mol. The summed E-state index contributed by atoms with van der Waals surface area (Å²) in [6, 6.07) is 0. The van der Waals surface area contributed by atoms with Gasteiger partial charge < -0.3 is 30.8 Å². The molecule has 1 aliphatic rings. The lowest BCUT2D eigenvalue weighted by atomic mass is 10.2. The molecule has 0 aromatic heterocycles. The molecule has 1 rings (SSSR count). The molecule has 0 saturated carbocycles. The maximum Gasteiger partial charge on any atom is 0.265 e. The van der Waals surface area contributed by atoms with Gasteiger partial charge in [-0.15, -0.1) is 0 Å². The summed E-state index contributed by atoms with van der Waals surface area (Å²) < 4.78 is 0. The second-order valence-corrected chi connectivity index (χ2v) is 5.46. The first-order valence-corrected chi connectivity index (χ1v) is 8.01. The van der Waals surface area contributed by atoms with Crippen molar-refractivity contribution in [2.24, 2.45) is 10.3 Å². The predicted octanol–water partition coefficient (Wildman–Crippen LogP) is -1.46. The Kier molecular flexibility index (Phi) is 10.1. The molecule has 1 fully saturated rings. The van der Waals surface area contributed by atoms with E-state index in [2.05, 4.69) is 30.7 Å². The quantitative estimate of drug-likeness (QED) is 0.166. The molecule has 24 heavy (non-hydrogen) atoms. The molecule has 136 valence electrons. The molecule has 2 amide bonds. The van der Waals surface area contributed by atoms with Gasteiger partial charge in [0.05, 0.1) is 0 Å². The van der Waals surface area contributed by atoms with E-state index in [1.165, 1.54) is 0 Å². The lowest BCUT2D eigenvalue weighted by Gasteiger charge is -2.34. The van der Waals surface area contributed by atoms with Gasteiger partial charge >= 0.3 is 0 Å². The van der Waals surface area contributed by atoms with Crippen molar-refractivity contribution < 1.29 is 20.0 Å². The third-order valence-corrected chi connectivity index (χ3v) is 3.72. The highest BCUT2D eigenvalue weighted by Crippen LogP contribution is 2.02. The number of carbonyl (C=O) groups excluding carboxylic acids is 2. The van der Waals surface area contributed by atoms with Gasteiger partial charge in [-0.2, -0.15) is 0 Å². The second kappa shape index (κ2) is 12.3. The molecular formula is C14H26N6O4. The lowest BCUT2D eigenvalue weighted by Crippen LogP contribution is -2.47. The van der Waals surface area contributed by atoms with Gasteiger partial charge in [-0.1, -0.05) is 10.3 Å². The van der Waals surface area contributed by atoms with Crippen LogP contribution in [-0.4, -0.2) is 96.8 Å². The molecule has 10 nitrogen and oxygen atoms in total. The van der Waals surface area contributed by atoms with Crippen LogP contribution >= 0.6 is 0 Å². The van der Waals surface area contributed by atoms with Gasteiger partial charge in [0, 0.05) is 39.3 Å². The van der Waals surface area contributed by atoms with Crippen molar-refractivity contribution in [1.82, 2.24) is 20.4 Å². The monoisotopic (exact) mass is 342 g/mol. The van der Waals surface area contributed by atoms with Gasteiger partial charge in [-0.05, 0) is 25.9 Å². The van der Waals surface area contributed by atoms with Crippen molar-refractivity contribution in [1.29, 1.82) is 0 Å². The zero-order valence-corrected chi connectivity index (χ0v) is 13.7. The fraction of sp³-hybridized carbons (Fsp3) is 0.714. The molecular weight excluding hydrogens is 316 g/mol. The summed E-state index contributed by atoms with van der Waals surface area (Å²) in [4.78, 5) is 26.8. The minimum atomic E-state index is -0.389. The summed E-state index contributed by atoms with van der Waals surface area (Å²) in [5.41, 5.74) is 0. The standard InChI is InChI=1S/C14H26N6O4/c21-13(11-17-23)15-3-1-5-19-7-9-20(10-8-19)6-2-4-16-14(22)12-18-24/h11-12,23-24H,1-10H2,(H,15,21)(H,16,22)/b17-11+,18-12+. The number of amides is 2. The summed E-state index contributed by atoms with van der Waals surface area (Å²) in [6.07, 6.45) is 3.39. The van der Waals surface area contributed by atoms with Gasteiger partial charge in [0.25, 0.3) is 11.8 Å². The second-order valence-electron chi connectivity index (χ2n) is 5.46. The van der Waals surface area contributed by atoms with E-state index in [1.54, 1.807) is 0 Å². The van der Waals surface area contributed by atoms with E-state index in [0.29, 0.717) is 13.1 Å². The van der Waals surface area contributed by atoms with Crippen molar-refractivity contribution in [3.05, 3.63) is 0 Å². The highest BCUT2D eigenvalue weighted by molar-refractivity contribution is 6.26. The Morgan fingerprint density at radius 1 is 0.833 bits per heavy atom. The average molecular weight is 342 g/mol. The van der Waals surface area contributed by atoms with Gasteiger partial charge in [-0.25, -0.2) is 0 Å². The SMILES string of the molecule is O=C(/C=N/O)NCCCN1CCN(CCCNC(=O)/C=N/O)CC1. The number of carbonyl (C=O) groups is 2. The topological polar surface area (TPSA) is 130 Å². The molecule has 1 heterocycles. The number of hydrogen-bond acceptors (Lipinski definition) is 8. The van der Waals surface area contributed by atoms with E-state index >= 15 is 0 Å². The molecule has 10 heteroatoms. The Hall–Kier alpha value is -2.20. The number of nitrogens with one attached hydrogen (secondary N) is 2. The van der Waals surface area contributed by atoms with Gasteiger partial charge in [-0.3, -0.25) is 9.59 Å². The van der Waals surface area contributed by atoms with Gasteiger partial charge in [0.2, 0.25) is 0 Å². The van der Waals surface area contributed by atoms with Crippen LogP contribution in [0.1, 0.15) is 12.8 Å². The van der Waals surface area contributed by atoms with Crippen LogP contribution in [0, 0.1) is 0 Å². The van der Waals surface area contributed by atoms with E-state index < -0.39 is 0 Å². The van der Waals surface area contributed by atoms with E-state index in [4.69, 9.17) is 10.4 Å². The number of oxime groups is 2. The lowest BCUT2D eigenvalue weighted by molar-refractivity contribution is -0.115. The molecule has 0 aromatic rings. The zero-order chi connectivity index (χ0) is 17.6. The number of piperazine rings is 1. The van der Waals surface area contributed by atoms with Crippen molar-refractivity contribution in [3.8, 4) is 0 Å². The van der Waals surface area contributed by atoms with Crippen molar-refractivity contribution in [2.45, 2.75) is 12.8 Å². The first kappa shape index (κ1) is 19.8. The number of rotatable bonds is 10. The van der Waals surface area contributed by atoms with Crippen LogP contribution in [-0.2, 0) is 9.59 Å².